The van der Waals surface area contributed by atoms with E-state index in [1.807, 2.05) is 6.07 Å². The maximum absolute atomic E-state index is 9.26. The Morgan fingerprint density at radius 3 is 3.00 bits per heavy atom. The molecule has 0 aromatic heterocycles. The summed E-state index contributed by atoms with van der Waals surface area (Å²) in [6, 6.07) is 5.10. The molecule has 0 amide bonds. The Balaban J connectivity index is 2.61. The van der Waals surface area contributed by atoms with Crippen LogP contribution in [0.2, 0.25) is 0 Å². The number of anilines is 2. The first-order valence-corrected chi connectivity index (χ1v) is 4.06. The second-order valence-electron chi connectivity index (χ2n) is 2.66. The fourth-order valence-electron chi connectivity index (χ4n) is 0.995. The Kier molecular flexibility index (Phi) is 3.40. The second-order valence-corrected chi connectivity index (χ2v) is 2.66. The monoisotopic (exact) mass is 182 g/mol. The maximum Gasteiger partial charge on any atom is 0.140 e. The Morgan fingerprint density at radius 2 is 2.31 bits per heavy atom. The third-order valence-electron chi connectivity index (χ3n) is 1.70. The molecule has 0 spiro atoms. The van der Waals surface area contributed by atoms with Crippen LogP contribution in [0.3, 0.4) is 0 Å². The molecule has 0 aliphatic heterocycles. The minimum atomic E-state index is 0.0995. The molecule has 0 bridgehead atoms. The molecule has 0 aliphatic rings. The summed E-state index contributed by atoms with van der Waals surface area (Å²) in [5, 5.41) is 12.3. The van der Waals surface area contributed by atoms with Gasteiger partial charge in [0.05, 0.1) is 18.0 Å². The van der Waals surface area contributed by atoms with Crippen molar-refractivity contribution in [2.24, 2.45) is 0 Å². The van der Waals surface area contributed by atoms with Crippen molar-refractivity contribution in [1.29, 1.82) is 0 Å². The molecule has 4 N–H and O–H groups in total. The van der Waals surface area contributed by atoms with Crippen LogP contribution in [0.4, 0.5) is 11.4 Å². The fraction of sp³-hybridized carbons (Fsp3) is 0.333. The molecular weight excluding hydrogens is 168 g/mol. The summed E-state index contributed by atoms with van der Waals surface area (Å²) in [4.78, 5) is 0. The van der Waals surface area contributed by atoms with Gasteiger partial charge in [0.25, 0.3) is 0 Å². The standard InChI is InChI=1S/C9H14N2O2/c1-13-6-5-11-7-3-2-4-8(12)9(7)10/h2-4,11-12H,5-6,10H2,1H3. The summed E-state index contributed by atoms with van der Waals surface area (Å²) in [6.45, 7) is 1.28. The van der Waals surface area contributed by atoms with Crippen LogP contribution < -0.4 is 11.1 Å². The molecule has 0 unspecified atom stereocenters. The molecule has 0 saturated heterocycles. The number of aromatic hydroxyl groups is 1. The van der Waals surface area contributed by atoms with E-state index in [0.717, 1.165) is 5.69 Å². The number of phenols is 1. The van der Waals surface area contributed by atoms with E-state index in [1.54, 1.807) is 19.2 Å². The van der Waals surface area contributed by atoms with Crippen LogP contribution in [0.5, 0.6) is 5.75 Å². The summed E-state index contributed by atoms with van der Waals surface area (Å²) in [7, 11) is 1.63. The first kappa shape index (κ1) is 9.67. The van der Waals surface area contributed by atoms with E-state index in [0.29, 0.717) is 18.8 Å². The van der Waals surface area contributed by atoms with Crippen molar-refractivity contribution in [2.75, 3.05) is 31.3 Å². The van der Waals surface area contributed by atoms with Crippen molar-refractivity contribution in [3.63, 3.8) is 0 Å². The lowest BCUT2D eigenvalue weighted by Crippen LogP contribution is -2.08. The van der Waals surface area contributed by atoms with E-state index >= 15 is 0 Å². The largest absolute Gasteiger partial charge is 0.506 e. The van der Waals surface area contributed by atoms with Gasteiger partial charge in [0.1, 0.15) is 5.75 Å². The molecule has 1 aromatic carbocycles. The van der Waals surface area contributed by atoms with Crippen LogP contribution in [-0.2, 0) is 4.74 Å². The topological polar surface area (TPSA) is 67.5 Å². The van der Waals surface area contributed by atoms with E-state index in [1.165, 1.54) is 0 Å². The van der Waals surface area contributed by atoms with Crippen molar-refractivity contribution < 1.29 is 9.84 Å². The molecule has 0 aliphatic carbocycles. The summed E-state index contributed by atoms with van der Waals surface area (Å²) in [5.41, 5.74) is 6.72. The number of hydrogen-bond donors (Lipinski definition) is 3. The zero-order valence-electron chi connectivity index (χ0n) is 7.58. The predicted molar refractivity (Wildman–Crippen MR) is 52.9 cm³/mol. The first-order valence-electron chi connectivity index (χ1n) is 4.06. The highest BCUT2D eigenvalue weighted by Gasteiger charge is 2.01. The van der Waals surface area contributed by atoms with Gasteiger partial charge in [0.15, 0.2) is 0 Å². The van der Waals surface area contributed by atoms with Crippen molar-refractivity contribution in [2.45, 2.75) is 0 Å². The highest BCUT2D eigenvalue weighted by molar-refractivity contribution is 5.72. The van der Waals surface area contributed by atoms with E-state index < -0.39 is 0 Å². The molecule has 0 saturated carbocycles. The van der Waals surface area contributed by atoms with Gasteiger partial charge < -0.3 is 20.9 Å². The van der Waals surface area contributed by atoms with Crippen LogP contribution in [0.1, 0.15) is 0 Å². The van der Waals surface area contributed by atoms with Gasteiger partial charge in [-0.25, -0.2) is 0 Å². The Morgan fingerprint density at radius 1 is 1.54 bits per heavy atom. The van der Waals surface area contributed by atoms with E-state index in [4.69, 9.17) is 10.5 Å². The Bertz CT molecular complexity index is 276. The SMILES string of the molecule is COCCNc1cccc(O)c1N. The molecule has 72 valence electrons. The van der Waals surface area contributed by atoms with Crippen LogP contribution in [0, 0.1) is 0 Å². The summed E-state index contributed by atoms with van der Waals surface area (Å²) in [6.07, 6.45) is 0. The zero-order chi connectivity index (χ0) is 9.68. The third kappa shape index (κ3) is 2.52. The number of nitrogens with one attached hydrogen (secondary N) is 1. The number of methoxy groups -OCH3 is 1. The smallest absolute Gasteiger partial charge is 0.140 e. The van der Waals surface area contributed by atoms with Crippen molar-refractivity contribution >= 4 is 11.4 Å². The fourth-order valence-corrected chi connectivity index (χ4v) is 0.995. The van der Waals surface area contributed by atoms with Crippen LogP contribution in [0.15, 0.2) is 18.2 Å². The van der Waals surface area contributed by atoms with Crippen LogP contribution >= 0.6 is 0 Å². The molecule has 0 fully saturated rings. The van der Waals surface area contributed by atoms with Gasteiger partial charge in [-0.3, -0.25) is 0 Å². The maximum atomic E-state index is 9.26. The molecule has 13 heavy (non-hydrogen) atoms. The highest BCUT2D eigenvalue weighted by atomic mass is 16.5. The normalized spacial score (nSPS) is 9.92. The number of ether oxygens (including phenoxy) is 1. The van der Waals surface area contributed by atoms with Crippen molar-refractivity contribution in [3.8, 4) is 5.75 Å². The average Bonchev–Trinajstić information content (AvgIpc) is 2.13. The molecule has 0 radical (unpaired) electrons. The van der Waals surface area contributed by atoms with E-state index in [2.05, 4.69) is 5.32 Å². The third-order valence-corrected chi connectivity index (χ3v) is 1.70. The number of para-hydroxylation sites is 1. The van der Waals surface area contributed by atoms with Gasteiger partial charge in [-0.2, -0.15) is 0 Å². The number of hydrogen-bond acceptors (Lipinski definition) is 4. The second kappa shape index (κ2) is 4.57. The summed E-state index contributed by atoms with van der Waals surface area (Å²) in [5.74, 6) is 0.0995. The van der Waals surface area contributed by atoms with Gasteiger partial charge in [-0.05, 0) is 12.1 Å². The van der Waals surface area contributed by atoms with E-state index in [-0.39, 0.29) is 5.75 Å². The Labute approximate surface area is 77.3 Å². The van der Waals surface area contributed by atoms with Crippen molar-refractivity contribution in [3.05, 3.63) is 18.2 Å². The number of phenolic OH excluding ortho intramolecular Hbond substituents is 1. The lowest BCUT2D eigenvalue weighted by atomic mass is 10.2. The lowest BCUT2D eigenvalue weighted by molar-refractivity contribution is 0.211. The lowest BCUT2D eigenvalue weighted by Gasteiger charge is -2.09. The van der Waals surface area contributed by atoms with Gasteiger partial charge in [0, 0.05) is 13.7 Å². The van der Waals surface area contributed by atoms with Gasteiger partial charge >= 0.3 is 0 Å². The van der Waals surface area contributed by atoms with Crippen LogP contribution in [0.25, 0.3) is 0 Å². The number of nitrogen functional groups attached to an aromatic ring is 1. The minimum absolute atomic E-state index is 0.0995. The predicted octanol–water partition coefficient (Wildman–Crippen LogP) is 1.03. The molecule has 0 heterocycles. The quantitative estimate of drug-likeness (QED) is 0.369. The number of nitrogens with two attached hydrogens (primary N) is 1. The molecular formula is C9H14N2O2. The highest BCUT2D eigenvalue weighted by Crippen LogP contribution is 2.27. The van der Waals surface area contributed by atoms with Gasteiger partial charge in [0.2, 0.25) is 0 Å². The summed E-state index contributed by atoms with van der Waals surface area (Å²) >= 11 is 0. The molecule has 4 nitrogen and oxygen atoms in total. The number of benzene rings is 1. The van der Waals surface area contributed by atoms with Crippen molar-refractivity contribution in [1.82, 2.24) is 0 Å². The van der Waals surface area contributed by atoms with E-state index in [9.17, 15) is 5.11 Å². The Hall–Kier alpha value is -1.42. The van der Waals surface area contributed by atoms with Crippen LogP contribution in [-0.4, -0.2) is 25.4 Å². The molecule has 4 heteroatoms. The molecule has 1 aromatic rings. The molecule has 0 atom stereocenters. The molecule has 1 rings (SSSR count). The first-order chi connectivity index (χ1) is 6.25. The number of rotatable bonds is 4. The minimum Gasteiger partial charge on any atom is -0.506 e. The zero-order valence-corrected chi connectivity index (χ0v) is 7.58. The van der Waals surface area contributed by atoms with Gasteiger partial charge in [-0.15, -0.1) is 0 Å². The van der Waals surface area contributed by atoms with Gasteiger partial charge in [-0.1, -0.05) is 6.07 Å². The summed E-state index contributed by atoms with van der Waals surface area (Å²) < 4.78 is 4.87. The average molecular weight is 182 g/mol.